The Morgan fingerprint density at radius 1 is 1.12 bits per heavy atom. The Morgan fingerprint density at radius 3 is 2.33 bits per heavy atom. The third-order valence-corrected chi connectivity index (χ3v) is 4.29. The predicted octanol–water partition coefficient (Wildman–Crippen LogP) is 2.83. The third-order valence-electron chi connectivity index (χ3n) is 3.60. The van der Waals surface area contributed by atoms with Crippen LogP contribution in [0.25, 0.3) is 0 Å². The molecule has 5 nitrogen and oxygen atoms in total. The van der Waals surface area contributed by atoms with Gasteiger partial charge in [0.2, 0.25) is 0 Å². The number of thiophene rings is 1. The number of amides is 2. The van der Waals surface area contributed by atoms with E-state index in [0.29, 0.717) is 11.3 Å². The van der Waals surface area contributed by atoms with Crippen LogP contribution < -0.4 is 10.6 Å². The molecule has 1 unspecified atom stereocenters. The fourth-order valence-corrected chi connectivity index (χ4v) is 2.70. The molecule has 1 aromatic carbocycles. The Labute approximate surface area is 145 Å². The van der Waals surface area contributed by atoms with Crippen LogP contribution in [0.2, 0.25) is 0 Å². The van der Waals surface area contributed by atoms with Gasteiger partial charge in [0.05, 0.1) is 11.8 Å². The van der Waals surface area contributed by atoms with E-state index in [1.54, 1.807) is 16.8 Å². The number of rotatable bonds is 4. The van der Waals surface area contributed by atoms with Gasteiger partial charge in [0.1, 0.15) is 0 Å². The fraction of sp³-hybridized carbons (Fsp3) is 0.333. The molecule has 0 aliphatic heterocycles. The zero-order chi connectivity index (χ0) is 17.7. The summed E-state index contributed by atoms with van der Waals surface area (Å²) in [6.07, 6.45) is -0.864. The molecular weight excluding hydrogens is 324 g/mol. The lowest BCUT2D eigenvalue weighted by molar-refractivity contribution is -0.136. The topological polar surface area (TPSA) is 78.4 Å². The molecule has 2 aromatic rings. The Morgan fingerprint density at radius 2 is 1.79 bits per heavy atom. The van der Waals surface area contributed by atoms with E-state index in [4.69, 9.17) is 0 Å². The SMILES string of the molecule is CC(C)(C)c1ccc(C(O)CNC(=O)C(=O)Nc2ccsc2)cc1. The number of hydrogen-bond donors (Lipinski definition) is 3. The molecule has 0 bridgehead atoms. The molecule has 0 aliphatic carbocycles. The average Bonchev–Trinajstić information content (AvgIpc) is 3.04. The highest BCUT2D eigenvalue weighted by Gasteiger charge is 2.17. The molecule has 3 N–H and O–H groups in total. The van der Waals surface area contributed by atoms with Crippen molar-refractivity contribution in [3.8, 4) is 0 Å². The van der Waals surface area contributed by atoms with Crippen LogP contribution in [0.4, 0.5) is 5.69 Å². The minimum absolute atomic E-state index is 0.0231. The van der Waals surface area contributed by atoms with Gasteiger partial charge < -0.3 is 15.7 Å². The van der Waals surface area contributed by atoms with Crippen LogP contribution in [0.15, 0.2) is 41.1 Å². The second kappa shape index (κ2) is 7.59. The van der Waals surface area contributed by atoms with Gasteiger partial charge in [0.25, 0.3) is 0 Å². The predicted molar refractivity (Wildman–Crippen MR) is 96.1 cm³/mol. The van der Waals surface area contributed by atoms with Crippen LogP contribution >= 0.6 is 11.3 Å². The highest BCUT2D eigenvalue weighted by Crippen LogP contribution is 2.23. The molecule has 1 atom stereocenters. The Bertz CT molecular complexity index is 688. The molecule has 0 saturated carbocycles. The number of carbonyl (C=O) groups excluding carboxylic acids is 2. The summed E-state index contributed by atoms with van der Waals surface area (Å²) in [5, 5.41) is 18.6. The van der Waals surface area contributed by atoms with Gasteiger partial charge in [0, 0.05) is 11.9 Å². The standard InChI is InChI=1S/C18H22N2O3S/c1-18(2,3)13-6-4-12(5-7-13)15(21)10-19-16(22)17(23)20-14-8-9-24-11-14/h4-9,11,15,21H,10H2,1-3H3,(H,19,22)(H,20,23). The molecule has 0 saturated heterocycles. The zero-order valence-corrected chi connectivity index (χ0v) is 14.8. The zero-order valence-electron chi connectivity index (χ0n) is 14.0. The number of carbonyl (C=O) groups is 2. The summed E-state index contributed by atoms with van der Waals surface area (Å²) in [5.41, 5.74) is 2.48. The van der Waals surface area contributed by atoms with Gasteiger partial charge in [-0.25, -0.2) is 0 Å². The number of nitrogens with one attached hydrogen (secondary N) is 2. The molecular formula is C18H22N2O3S. The van der Waals surface area contributed by atoms with Crippen LogP contribution in [-0.4, -0.2) is 23.5 Å². The van der Waals surface area contributed by atoms with E-state index in [9.17, 15) is 14.7 Å². The molecule has 2 amide bonds. The van der Waals surface area contributed by atoms with Gasteiger partial charge in [-0.1, -0.05) is 45.0 Å². The molecule has 2 rings (SSSR count). The summed E-state index contributed by atoms with van der Waals surface area (Å²) >= 11 is 1.43. The van der Waals surface area contributed by atoms with Crippen molar-refractivity contribution in [1.29, 1.82) is 0 Å². The summed E-state index contributed by atoms with van der Waals surface area (Å²) in [6.45, 7) is 6.32. The monoisotopic (exact) mass is 346 g/mol. The molecule has 24 heavy (non-hydrogen) atoms. The summed E-state index contributed by atoms with van der Waals surface area (Å²) in [4.78, 5) is 23.5. The Kier molecular flexibility index (Phi) is 5.75. The first-order valence-electron chi connectivity index (χ1n) is 7.67. The van der Waals surface area contributed by atoms with Crippen LogP contribution in [0.1, 0.15) is 38.0 Å². The number of aliphatic hydroxyl groups excluding tert-OH is 1. The van der Waals surface area contributed by atoms with Crippen molar-refractivity contribution in [2.24, 2.45) is 0 Å². The van der Waals surface area contributed by atoms with E-state index >= 15 is 0 Å². The van der Waals surface area contributed by atoms with Crippen molar-refractivity contribution in [2.75, 3.05) is 11.9 Å². The maximum atomic E-state index is 11.8. The van der Waals surface area contributed by atoms with Gasteiger partial charge in [-0.15, -0.1) is 0 Å². The lowest BCUT2D eigenvalue weighted by Gasteiger charge is -2.20. The van der Waals surface area contributed by atoms with Crippen molar-refractivity contribution < 1.29 is 14.7 Å². The van der Waals surface area contributed by atoms with E-state index in [0.717, 1.165) is 5.56 Å². The molecule has 0 spiro atoms. The summed E-state index contributed by atoms with van der Waals surface area (Å²) < 4.78 is 0. The molecule has 0 radical (unpaired) electrons. The van der Waals surface area contributed by atoms with Gasteiger partial charge in [0.15, 0.2) is 0 Å². The lowest BCUT2D eigenvalue weighted by Crippen LogP contribution is -2.37. The molecule has 128 valence electrons. The minimum Gasteiger partial charge on any atom is -0.387 e. The normalized spacial score (nSPS) is 12.5. The third kappa shape index (κ3) is 4.91. The van der Waals surface area contributed by atoms with E-state index < -0.39 is 17.9 Å². The summed E-state index contributed by atoms with van der Waals surface area (Å²) in [6, 6.07) is 9.31. The largest absolute Gasteiger partial charge is 0.387 e. The Balaban J connectivity index is 1.87. The highest BCUT2D eigenvalue weighted by atomic mass is 32.1. The van der Waals surface area contributed by atoms with Gasteiger partial charge in [-0.3, -0.25) is 9.59 Å². The second-order valence-corrected chi connectivity index (χ2v) is 7.34. The van der Waals surface area contributed by atoms with Crippen LogP contribution in [0.3, 0.4) is 0 Å². The quantitative estimate of drug-likeness (QED) is 0.745. The first-order chi connectivity index (χ1) is 11.3. The minimum atomic E-state index is -0.864. The summed E-state index contributed by atoms with van der Waals surface area (Å²) in [7, 11) is 0. The van der Waals surface area contributed by atoms with Gasteiger partial charge >= 0.3 is 11.8 Å². The maximum Gasteiger partial charge on any atom is 0.313 e. The summed E-state index contributed by atoms with van der Waals surface area (Å²) in [5.74, 6) is -1.52. The van der Waals surface area contributed by atoms with E-state index in [1.807, 2.05) is 24.3 Å². The van der Waals surface area contributed by atoms with E-state index in [-0.39, 0.29) is 12.0 Å². The second-order valence-electron chi connectivity index (χ2n) is 6.56. The van der Waals surface area contributed by atoms with Crippen LogP contribution in [0, 0.1) is 0 Å². The molecule has 1 heterocycles. The van der Waals surface area contributed by atoms with E-state index in [2.05, 4.69) is 31.4 Å². The van der Waals surface area contributed by atoms with Crippen molar-refractivity contribution in [3.05, 3.63) is 52.2 Å². The van der Waals surface area contributed by atoms with Crippen molar-refractivity contribution in [2.45, 2.75) is 32.3 Å². The lowest BCUT2D eigenvalue weighted by atomic mass is 9.86. The van der Waals surface area contributed by atoms with Gasteiger partial charge in [-0.2, -0.15) is 11.3 Å². The van der Waals surface area contributed by atoms with E-state index in [1.165, 1.54) is 11.3 Å². The Hall–Kier alpha value is -2.18. The number of hydrogen-bond acceptors (Lipinski definition) is 4. The average molecular weight is 346 g/mol. The fourth-order valence-electron chi connectivity index (χ4n) is 2.12. The smallest absolute Gasteiger partial charge is 0.313 e. The number of benzene rings is 1. The molecule has 0 fully saturated rings. The first kappa shape index (κ1) is 18.2. The van der Waals surface area contributed by atoms with Crippen molar-refractivity contribution in [1.82, 2.24) is 5.32 Å². The van der Waals surface area contributed by atoms with Gasteiger partial charge in [-0.05, 0) is 28.0 Å². The number of aliphatic hydroxyl groups is 1. The molecule has 1 aromatic heterocycles. The first-order valence-corrected chi connectivity index (χ1v) is 8.61. The van der Waals surface area contributed by atoms with Crippen molar-refractivity contribution >= 4 is 28.8 Å². The van der Waals surface area contributed by atoms with Crippen molar-refractivity contribution in [3.63, 3.8) is 0 Å². The highest BCUT2D eigenvalue weighted by molar-refractivity contribution is 7.08. The number of anilines is 1. The maximum absolute atomic E-state index is 11.8. The molecule has 0 aliphatic rings. The van der Waals surface area contributed by atoms with Crippen LogP contribution in [0.5, 0.6) is 0 Å². The van der Waals surface area contributed by atoms with Crippen LogP contribution in [-0.2, 0) is 15.0 Å². The molecule has 6 heteroatoms.